The molecule has 5 aliphatic rings. The van der Waals surface area contributed by atoms with Crippen LogP contribution in [-0.4, -0.2) is 32.6 Å². The minimum Gasteiger partial charge on any atom is -0.462 e. The van der Waals surface area contributed by atoms with Crippen LogP contribution in [0.5, 0.6) is 0 Å². The second-order valence-electron chi connectivity index (χ2n) is 14.6. The average molecular weight is 489 g/mol. The van der Waals surface area contributed by atoms with E-state index in [0.717, 1.165) is 24.7 Å². The zero-order valence-electron chi connectivity index (χ0n) is 23.9. The van der Waals surface area contributed by atoms with E-state index in [4.69, 9.17) is 14.2 Å². The van der Waals surface area contributed by atoms with Crippen molar-refractivity contribution >= 4 is 5.97 Å². The third kappa shape index (κ3) is 3.40. The molecule has 0 N–H and O–H groups in total. The van der Waals surface area contributed by atoms with Crippen LogP contribution in [-0.2, 0) is 19.0 Å². The standard InChI is InChI=1S/C31H52O4/c1-20(9-12-26(33-7)34-8)22-13-15-29(6)24-11-10-23-27(3,4)25(35-21(2)32)14-16-30(23)19-31(24,30)18-17-28(22,29)5/h20,22-26H,9-19H2,1-8H3. The van der Waals surface area contributed by atoms with Gasteiger partial charge in [0.1, 0.15) is 6.10 Å². The smallest absolute Gasteiger partial charge is 0.302 e. The van der Waals surface area contributed by atoms with Gasteiger partial charge in [-0.2, -0.15) is 0 Å². The first kappa shape index (κ1) is 26.0. The van der Waals surface area contributed by atoms with Crippen molar-refractivity contribution < 1.29 is 19.0 Å². The van der Waals surface area contributed by atoms with Crippen LogP contribution in [0.15, 0.2) is 0 Å². The molecule has 5 aliphatic carbocycles. The van der Waals surface area contributed by atoms with Crippen LogP contribution in [0.25, 0.3) is 0 Å². The quantitative estimate of drug-likeness (QED) is 0.277. The van der Waals surface area contributed by atoms with Crippen molar-refractivity contribution in [3.05, 3.63) is 0 Å². The molecule has 9 atom stereocenters. The van der Waals surface area contributed by atoms with Crippen LogP contribution in [0.4, 0.5) is 0 Å². The molecule has 200 valence electrons. The van der Waals surface area contributed by atoms with Crippen LogP contribution in [0.1, 0.15) is 112 Å². The van der Waals surface area contributed by atoms with Gasteiger partial charge in [0, 0.05) is 26.6 Å². The Morgan fingerprint density at radius 3 is 2.14 bits per heavy atom. The van der Waals surface area contributed by atoms with Gasteiger partial charge in [-0.15, -0.1) is 0 Å². The molecule has 0 aromatic rings. The van der Waals surface area contributed by atoms with Gasteiger partial charge in [-0.1, -0.05) is 34.6 Å². The molecule has 35 heavy (non-hydrogen) atoms. The summed E-state index contributed by atoms with van der Waals surface area (Å²) in [5, 5.41) is 0. The van der Waals surface area contributed by atoms with Gasteiger partial charge in [0.25, 0.3) is 0 Å². The SMILES string of the molecule is COC(CCC(C)C1CCC2(C)C3CCC4C(C)(C)C(OC(C)=O)CCC45CC35CCC12C)OC. The third-order valence-electron chi connectivity index (χ3n) is 13.5. The summed E-state index contributed by atoms with van der Waals surface area (Å²) in [7, 11) is 3.52. The van der Waals surface area contributed by atoms with Gasteiger partial charge < -0.3 is 14.2 Å². The number of ether oxygens (including phenoxy) is 3. The molecular formula is C31H52O4. The summed E-state index contributed by atoms with van der Waals surface area (Å²) in [4.78, 5) is 11.8. The second kappa shape index (κ2) is 8.45. The fraction of sp³-hybridized carbons (Fsp3) is 0.968. The van der Waals surface area contributed by atoms with Gasteiger partial charge in [0.15, 0.2) is 6.29 Å². The van der Waals surface area contributed by atoms with Crippen LogP contribution in [0, 0.1) is 50.7 Å². The Kier molecular flexibility index (Phi) is 6.28. The first-order chi connectivity index (χ1) is 16.4. The van der Waals surface area contributed by atoms with Crippen LogP contribution >= 0.6 is 0 Å². The Labute approximate surface area is 214 Å². The first-order valence-electron chi connectivity index (χ1n) is 14.6. The lowest BCUT2D eigenvalue weighted by Gasteiger charge is -2.63. The average Bonchev–Trinajstić information content (AvgIpc) is 3.38. The Morgan fingerprint density at radius 1 is 0.829 bits per heavy atom. The van der Waals surface area contributed by atoms with Gasteiger partial charge in [0.2, 0.25) is 0 Å². The topological polar surface area (TPSA) is 44.8 Å². The summed E-state index contributed by atoms with van der Waals surface area (Å²) < 4.78 is 16.9. The number of carbonyl (C=O) groups excluding carboxylic acids is 1. The molecule has 4 heteroatoms. The van der Waals surface area contributed by atoms with Gasteiger partial charge in [-0.3, -0.25) is 4.79 Å². The highest BCUT2D eigenvalue weighted by atomic mass is 16.7. The highest BCUT2D eigenvalue weighted by Gasteiger charge is 2.82. The molecule has 0 radical (unpaired) electrons. The Morgan fingerprint density at radius 2 is 1.49 bits per heavy atom. The fourth-order valence-electron chi connectivity index (χ4n) is 11.6. The van der Waals surface area contributed by atoms with E-state index in [2.05, 4.69) is 34.6 Å². The number of fused-ring (bicyclic) bond motifs is 2. The summed E-state index contributed by atoms with van der Waals surface area (Å²) in [5.74, 6) is 2.99. The number of hydrogen-bond donors (Lipinski definition) is 0. The zero-order chi connectivity index (χ0) is 25.4. The summed E-state index contributed by atoms with van der Waals surface area (Å²) in [6.07, 6.45) is 14.3. The first-order valence-corrected chi connectivity index (χ1v) is 14.6. The van der Waals surface area contributed by atoms with Gasteiger partial charge >= 0.3 is 5.97 Å². The van der Waals surface area contributed by atoms with E-state index < -0.39 is 0 Å². The van der Waals surface area contributed by atoms with Crippen LogP contribution in [0.3, 0.4) is 0 Å². The third-order valence-corrected chi connectivity index (χ3v) is 13.5. The molecule has 0 aliphatic heterocycles. The molecule has 0 bridgehead atoms. The van der Waals surface area contributed by atoms with Gasteiger partial charge in [0.05, 0.1) is 0 Å². The molecule has 5 saturated carbocycles. The molecule has 2 spiro atoms. The largest absolute Gasteiger partial charge is 0.462 e. The summed E-state index contributed by atoms with van der Waals surface area (Å²) in [6, 6.07) is 0. The number of methoxy groups -OCH3 is 2. The van der Waals surface area contributed by atoms with Crippen LogP contribution < -0.4 is 0 Å². The molecule has 9 unspecified atom stereocenters. The predicted molar refractivity (Wildman–Crippen MR) is 139 cm³/mol. The minimum atomic E-state index is -0.104. The van der Waals surface area contributed by atoms with E-state index in [1.807, 2.05) is 0 Å². The molecule has 0 amide bonds. The van der Waals surface area contributed by atoms with E-state index in [9.17, 15) is 4.79 Å². The van der Waals surface area contributed by atoms with Gasteiger partial charge in [-0.25, -0.2) is 0 Å². The maximum absolute atomic E-state index is 11.8. The lowest BCUT2D eigenvalue weighted by Crippen LogP contribution is -2.58. The number of esters is 1. The van der Waals surface area contributed by atoms with E-state index in [-0.39, 0.29) is 23.8 Å². The van der Waals surface area contributed by atoms with Crippen molar-refractivity contribution in [3.63, 3.8) is 0 Å². The second-order valence-corrected chi connectivity index (χ2v) is 14.6. The summed E-state index contributed by atoms with van der Waals surface area (Å²) in [6.45, 7) is 14.3. The molecule has 4 nitrogen and oxygen atoms in total. The molecule has 5 fully saturated rings. The highest BCUT2D eigenvalue weighted by Crippen LogP contribution is 2.89. The van der Waals surface area contributed by atoms with Gasteiger partial charge in [-0.05, 0) is 116 Å². The number of carbonyl (C=O) groups is 1. The van der Waals surface area contributed by atoms with Crippen molar-refractivity contribution in [1.82, 2.24) is 0 Å². The molecule has 0 aromatic carbocycles. The monoisotopic (exact) mass is 488 g/mol. The molecule has 0 aromatic heterocycles. The van der Waals surface area contributed by atoms with E-state index in [1.54, 1.807) is 21.1 Å². The number of hydrogen-bond acceptors (Lipinski definition) is 4. The Bertz CT molecular complexity index is 834. The maximum Gasteiger partial charge on any atom is 0.302 e. The van der Waals surface area contributed by atoms with Crippen molar-refractivity contribution in [1.29, 1.82) is 0 Å². The lowest BCUT2D eigenvalue weighted by atomic mass is 9.41. The molecule has 0 heterocycles. The fourth-order valence-corrected chi connectivity index (χ4v) is 11.6. The minimum absolute atomic E-state index is 0.0697. The lowest BCUT2D eigenvalue weighted by molar-refractivity contribution is -0.181. The predicted octanol–water partition coefficient (Wildman–Crippen LogP) is 7.39. The van der Waals surface area contributed by atoms with E-state index >= 15 is 0 Å². The molecule has 0 saturated heterocycles. The highest BCUT2D eigenvalue weighted by molar-refractivity contribution is 5.66. The van der Waals surface area contributed by atoms with Crippen molar-refractivity contribution in [3.8, 4) is 0 Å². The summed E-state index contributed by atoms with van der Waals surface area (Å²) >= 11 is 0. The van der Waals surface area contributed by atoms with Crippen molar-refractivity contribution in [2.75, 3.05) is 14.2 Å². The summed E-state index contributed by atoms with van der Waals surface area (Å²) in [5.41, 5.74) is 2.05. The number of rotatable bonds is 7. The van der Waals surface area contributed by atoms with Crippen molar-refractivity contribution in [2.45, 2.75) is 125 Å². The zero-order valence-corrected chi connectivity index (χ0v) is 23.9. The van der Waals surface area contributed by atoms with Crippen LogP contribution in [0.2, 0.25) is 0 Å². The Hall–Kier alpha value is -0.610. The van der Waals surface area contributed by atoms with E-state index in [1.165, 1.54) is 57.8 Å². The molecule has 5 rings (SSSR count). The van der Waals surface area contributed by atoms with E-state index in [0.29, 0.717) is 33.5 Å². The Balaban J connectivity index is 1.36. The van der Waals surface area contributed by atoms with Crippen molar-refractivity contribution in [2.24, 2.45) is 50.7 Å². The normalized spacial score (nSPS) is 48.4. The molecular weight excluding hydrogens is 436 g/mol. The maximum atomic E-state index is 11.8.